The van der Waals surface area contributed by atoms with Crippen LogP contribution in [0.1, 0.15) is 10.5 Å². The minimum atomic E-state index is -0.485. The summed E-state index contributed by atoms with van der Waals surface area (Å²) in [4.78, 5) is 25.9. The number of nitrogens with one attached hydrogen (secondary N) is 3. The topological polar surface area (TPSA) is 104 Å². The zero-order valence-electron chi connectivity index (χ0n) is 5.89. The van der Waals surface area contributed by atoms with Gasteiger partial charge in [0, 0.05) is 7.05 Å². The quantitative estimate of drug-likeness (QED) is 0.404. The van der Waals surface area contributed by atoms with Crippen LogP contribution >= 0.6 is 0 Å². The van der Waals surface area contributed by atoms with Crippen molar-refractivity contribution in [3.05, 3.63) is 16.2 Å². The van der Waals surface area contributed by atoms with Crippen LogP contribution in [0.2, 0.25) is 0 Å². The molecule has 1 aromatic rings. The Kier molecular flexibility index (Phi) is 1.67. The average molecular weight is 156 g/mol. The molecule has 0 aromatic carbocycles. The lowest BCUT2D eigenvalue weighted by molar-refractivity contribution is 0.0959. The van der Waals surface area contributed by atoms with E-state index in [4.69, 9.17) is 5.73 Å². The molecule has 0 aliphatic heterocycles. The van der Waals surface area contributed by atoms with Crippen molar-refractivity contribution >= 4 is 11.7 Å². The van der Waals surface area contributed by atoms with Crippen LogP contribution in [0, 0.1) is 0 Å². The minimum absolute atomic E-state index is 0.0503. The van der Waals surface area contributed by atoms with E-state index in [-0.39, 0.29) is 11.5 Å². The van der Waals surface area contributed by atoms with Gasteiger partial charge in [-0.2, -0.15) is 0 Å². The van der Waals surface area contributed by atoms with Gasteiger partial charge in [-0.15, -0.1) is 0 Å². The van der Waals surface area contributed by atoms with Crippen molar-refractivity contribution < 1.29 is 4.79 Å². The molecule has 1 aromatic heterocycles. The molecule has 0 atom stereocenters. The summed E-state index contributed by atoms with van der Waals surface area (Å²) in [6.45, 7) is 0. The number of carbonyl (C=O) groups excluding carboxylic acids is 1. The van der Waals surface area contributed by atoms with Crippen LogP contribution in [0.15, 0.2) is 4.79 Å². The zero-order chi connectivity index (χ0) is 8.43. The van der Waals surface area contributed by atoms with Gasteiger partial charge in [0.05, 0.1) is 0 Å². The van der Waals surface area contributed by atoms with Crippen LogP contribution < -0.4 is 16.7 Å². The Morgan fingerprint density at radius 3 is 2.55 bits per heavy atom. The highest BCUT2D eigenvalue weighted by atomic mass is 16.2. The maximum absolute atomic E-state index is 10.9. The molecule has 0 saturated carbocycles. The van der Waals surface area contributed by atoms with Crippen molar-refractivity contribution in [2.75, 3.05) is 12.8 Å². The van der Waals surface area contributed by atoms with Crippen molar-refractivity contribution in [3.63, 3.8) is 0 Å². The van der Waals surface area contributed by atoms with E-state index in [9.17, 15) is 9.59 Å². The molecule has 11 heavy (non-hydrogen) atoms. The van der Waals surface area contributed by atoms with E-state index < -0.39 is 11.6 Å². The summed E-state index contributed by atoms with van der Waals surface area (Å²) in [6.07, 6.45) is 0. The number of nitrogen functional groups attached to an aromatic ring is 1. The Morgan fingerprint density at radius 1 is 1.55 bits per heavy atom. The Bertz CT molecular complexity index is 323. The van der Waals surface area contributed by atoms with Gasteiger partial charge in [0.1, 0.15) is 11.5 Å². The number of hydrogen-bond donors (Lipinski definition) is 4. The largest absolute Gasteiger partial charge is 0.383 e. The number of H-pyrrole nitrogens is 2. The fourth-order valence-electron chi connectivity index (χ4n) is 0.701. The highest BCUT2D eigenvalue weighted by Crippen LogP contribution is 1.99. The molecule has 0 saturated heterocycles. The van der Waals surface area contributed by atoms with E-state index in [2.05, 4.69) is 15.3 Å². The summed E-state index contributed by atoms with van der Waals surface area (Å²) in [7, 11) is 1.45. The van der Waals surface area contributed by atoms with Crippen molar-refractivity contribution in [1.29, 1.82) is 0 Å². The van der Waals surface area contributed by atoms with Gasteiger partial charge >= 0.3 is 5.69 Å². The van der Waals surface area contributed by atoms with Crippen LogP contribution in [-0.4, -0.2) is 22.9 Å². The summed E-state index contributed by atoms with van der Waals surface area (Å²) in [5, 5.41) is 2.33. The molecule has 1 rings (SSSR count). The van der Waals surface area contributed by atoms with Crippen LogP contribution in [0.5, 0.6) is 0 Å². The Hall–Kier alpha value is -1.72. The molecule has 5 N–H and O–H groups in total. The Morgan fingerprint density at radius 2 is 2.18 bits per heavy atom. The van der Waals surface area contributed by atoms with E-state index in [0.717, 1.165) is 0 Å². The molecule has 0 radical (unpaired) electrons. The van der Waals surface area contributed by atoms with Gasteiger partial charge in [0.15, 0.2) is 0 Å². The second-order valence-electron chi connectivity index (χ2n) is 1.95. The standard InChI is InChI=1S/C5H8N4O2/c1-7-4(10)2-3(6)9-5(11)8-2/h6H2,1H3,(H,7,10)(H2,8,9,11). The summed E-state index contributed by atoms with van der Waals surface area (Å²) in [6, 6.07) is 0. The monoisotopic (exact) mass is 156 g/mol. The van der Waals surface area contributed by atoms with Gasteiger partial charge in [-0.3, -0.25) is 14.8 Å². The lowest BCUT2D eigenvalue weighted by atomic mass is 10.4. The van der Waals surface area contributed by atoms with Crippen molar-refractivity contribution in [2.45, 2.75) is 0 Å². The number of imidazole rings is 1. The van der Waals surface area contributed by atoms with Crippen molar-refractivity contribution in [1.82, 2.24) is 15.3 Å². The number of nitrogens with two attached hydrogens (primary N) is 1. The molecule has 0 spiro atoms. The van der Waals surface area contributed by atoms with Gasteiger partial charge in [-0.1, -0.05) is 0 Å². The Balaban J connectivity index is 3.13. The van der Waals surface area contributed by atoms with E-state index in [0.29, 0.717) is 0 Å². The Labute approximate surface area is 61.8 Å². The van der Waals surface area contributed by atoms with Crippen LogP contribution in [0.4, 0.5) is 5.82 Å². The first-order chi connectivity index (χ1) is 5.15. The molecular weight excluding hydrogens is 148 g/mol. The fourth-order valence-corrected chi connectivity index (χ4v) is 0.701. The van der Waals surface area contributed by atoms with Crippen molar-refractivity contribution in [3.8, 4) is 0 Å². The van der Waals surface area contributed by atoms with Crippen LogP contribution in [0.25, 0.3) is 0 Å². The normalized spacial score (nSPS) is 9.55. The van der Waals surface area contributed by atoms with E-state index >= 15 is 0 Å². The summed E-state index contributed by atoms with van der Waals surface area (Å²) >= 11 is 0. The number of aromatic amines is 2. The highest BCUT2D eigenvalue weighted by molar-refractivity contribution is 5.96. The molecule has 1 heterocycles. The predicted octanol–water partition coefficient (Wildman–Crippen LogP) is -1.36. The third-order valence-electron chi connectivity index (χ3n) is 1.21. The number of rotatable bonds is 1. The number of amides is 1. The van der Waals surface area contributed by atoms with Gasteiger partial charge in [0.2, 0.25) is 0 Å². The number of hydrogen-bond acceptors (Lipinski definition) is 3. The highest BCUT2D eigenvalue weighted by Gasteiger charge is 2.09. The summed E-state index contributed by atoms with van der Waals surface area (Å²) in [5.41, 5.74) is 4.85. The molecule has 6 heteroatoms. The van der Waals surface area contributed by atoms with E-state index in [1.54, 1.807) is 0 Å². The van der Waals surface area contributed by atoms with Gasteiger partial charge in [-0.05, 0) is 0 Å². The molecular formula is C5H8N4O2. The third-order valence-corrected chi connectivity index (χ3v) is 1.21. The van der Waals surface area contributed by atoms with E-state index in [1.165, 1.54) is 7.05 Å². The molecule has 0 unspecified atom stereocenters. The number of carbonyl (C=O) groups is 1. The smallest absolute Gasteiger partial charge is 0.325 e. The first kappa shape index (κ1) is 7.39. The maximum atomic E-state index is 10.9. The molecule has 0 bridgehead atoms. The first-order valence-electron chi connectivity index (χ1n) is 2.95. The van der Waals surface area contributed by atoms with Crippen LogP contribution in [0.3, 0.4) is 0 Å². The van der Waals surface area contributed by atoms with Gasteiger partial charge in [-0.25, -0.2) is 4.79 Å². The fraction of sp³-hybridized carbons (Fsp3) is 0.200. The summed E-state index contributed by atoms with van der Waals surface area (Å²) < 4.78 is 0. The molecule has 0 fully saturated rings. The third kappa shape index (κ3) is 1.23. The molecule has 0 aliphatic rings. The molecule has 1 amide bonds. The van der Waals surface area contributed by atoms with E-state index in [1.807, 2.05) is 0 Å². The molecule has 6 nitrogen and oxygen atoms in total. The van der Waals surface area contributed by atoms with Gasteiger partial charge in [0.25, 0.3) is 5.91 Å². The predicted molar refractivity (Wildman–Crippen MR) is 39.2 cm³/mol. The second kappa shape index (κ2) is 2.49. The summed E-state index contributed by atoms with van der Waals surface area (Å²) in [5.74, 6) is -0.366. The molecule has 0 aliphatic carbocycles. The lowest BCUT2D eigenvalue weighted by Gasteiger charge is -1.94. The van der Waals surface area contributed by atoms with Crippen LogP contribution in [-0.2, 0) is 0 Å². The second-order valence-corrected chi connectivity index (χ2v) is 1.95. The number of anilines is 1. The SMILES string of the molecule is CNC(=O)c1[nH]c(=O)[nH]c1N. The lowest BCUT2D eigenvalue weighted by Crippen LogP contribution is -2.20. The molecule has 60 valence electrons. The first-order valence-corrected chi connectivity index (χ1v) is 2.95. The minimum Gasteiger partial charge on any atom is -0.383 e. The zero-order valence-corrected chi connectivity index (χ0v) is 5.89. The van der Waals surface area contributed by atoms with Gasteiger partial charge < -0.3 is 11.1 Å². The number of aromatic nitrogens is 2. The average Bonchev–Trinajstić information content (AvgIpc) is 2.28. The van der Waals surface area contributed by atoms with Crippen molar-refractivity contribution in [2.24, 2.45) is 0 Å². The maximum Gasteiger partial charge on any atom is 0.325 e.